The molecule has 2 unspecified atom stereocenters. The Morgan fingerprint density at radius 2 is 1.95 bits per heavy atom. The molecule has 0 fully saturated rings. The van der Waals surface area contributed by atoms with Crippen LogP contribution in [0, 0.1) is 0 Å². The molecule has 0 aliphatic carbocycles. The summed E-state index contributed by atoms with van der Waals surface area (Å²) in [5.74, 6) is -1.05. The van der Waals surface area contributed by atoms with E-state index in [9.17, 15) is 18.0 Å². The highest BCUT2D eigenvalue weighted by atomic mass is 19.4. The van der Waals surface area contributed by atoms with Crippen molar-refractivity contribution < 1.29 is 23.1 Å². The topological polar surface area (TPSA) is 49.3 Å². The van der Waals surface area contributed by atoms with Gasteiger partial charge in [0.1, 0.15) is 6.04 Å². The lowest BCUT2D eigenvalue weighted by Gasteiger charge is -2.23. The van der Waals surface area contributed by atoms with Gasteiger partial charge in [-0.1, -0.05) is 31.5 Å². The number of aliphatic carboxylic acids is 1. The van der Waals surface area contributed by atoms with Crippen LogP contribution in [-0.2, 0) is 11.0 Å². The molecule has 112 valence electrons. The van der Waals surface area contributed by atoms with E-state index in [0.717, 1.165) is 6.07 Å². The van der Waals surface area contributed by atoms with Crippen molar-refractivity contribution in [1.82, 2.24) is 5.32 Å². The Bertz CT molecular complexity index is 460. The molecule has 0 spiro atoms. The molecular weight excluding hydrogens is 271 g/mol. The number of nitrogens with one attached hydrogen (secondary N) is 1. The van der Waals surface area contributed by atoms with Gasteiger partial charge in [0.05, 0.1) is 5.56 Å². The van der Waals surface area contributed by atoms with Crippen LogP contribution in [0.1, 0.15) is 43.9 Å². The molecule has 1 aromatic carbocycles. The molecule has 1 aromatic rings. The van der Waals surface area contributed by atoms with Gasteiger partial charge in [0, 0.05) is 6.04 Å². The summed E-state index contributed by atoms with van der Waals surface area (Å²) in [6.07, 6.45) is -3.44. The predicted octanol–water partition coefficient (Wildman–Crippen LogP) is 3.61. The number of carboxylic acid groups (broad SMARTS) is 1. The Labute approximate surface area is 115 Å². The summed E-state index contributed by atoms with van der Waals surface area (Å²) in [4.78, 5) is 11.1. The van der Waals surface area contributed by atoms with Crippen LogP contribution < -0.4 is 5.32 Å². The highest BCUT2D eigenvalue weighted by molar-refractivity contribution is 5.73. The SMILES string of the molecule is CCCC(NC(C)c1ccccc1C(F)(F)F)C(=O)O. The van der Waals surface area contributed by atoms with Gasteiger partial charge in [-0.3, -0.25) is 10.1 Å². The molecule has 0 aliphatic heterocycles. The molecule has 20 heavy (non-hydrogen) atoms. The predicted molar refractivity (Wildman–Crippen MR) is 69.3 cm³/mol. The maximum Gasteiger partial charge on any atom is 0.416 e. The zero-order valence-corrected chi connectivity index (χ0v) is 11.4. The maximum atomic E-state index is 12.9. The second-order valence-electron chi connectivity index (χ2n) is 4.65. The smallest absolute Gasteiger partial charge is 0.416 e. The first kappa shape index (κ1) is 16.5. The van der Waals surface area contributed by atoms with Gasteiger partial charge in [0.2, 0.25) is 0 Å². The number of benzene rings is 1. The molecule has 0 radical (unpaired) electrons. The fourth-order valence-electron chi connectivity index (χ4n) is 2.09. The van der Waals surface area contributed by atoms with Crippen LogP contribution in [0.15, 0.2) is 24.3 Å². The third kappa shape index (κ3) is 4.23. The van der Waals surface area contributed by atoms with E-state index in [-0.39, 0.29) is 5.56 Å². The summed E-state index contributed by atoms with van der Waals surface area (Å²) in [6, 6.07) is 3.66. The number of carboxylic acids is 1. The summed E-state index contributed by atoms with van der Waals surface area (Å²) < 4.78 is 38.7. The molecule has 2 N–H and O–H groups in total. The van der Waals surface area contributed by atoms with Gasteiger partial charge in [-0.25, -0.2) is 0 Å². The number of carbonyl (C=O) groups is 1. The summed E-state index contributed by atoms with van der Waals surface area (Å²) in [5.41, 5.74) is -0.678. The highest BCUT2D eigenvalue weighted by Gasteiger charge is 2.34. The molecule has 6 heteroatoms. The molecule has 0 aromatic heterocycles. The van der Waals surface area contributed by atoms with Gasteiger partial charge < -0.3 is 5.11 Å². The van der Waals surface area contributed by atoms with E-state index in [4.69, 9.17) is 5.11 Å². The van der Waals surface area contributed by atoms with E-state index in [1.54, 1.807) is 0 Å². The molecule has 3 nitrogen and oxygen atoms in total. The number of halogens is 3. The third-order valence-corrected chi connectivity index (χ3v) is 3.06. The Kier molecular flexibility index (Phi) is 5.56. The van der Waals surface area contributed by atoms with Crippen molar-refractivity contribution in [2.75, 3.05) is 0 Å². The van der Waals surface area contributed by atoms with Crippen molar-refractivity contribution >= 4 is 5.97 Å². The standard InChI is InChI=1S/C14H18F3NO2/c1-3-6-12(13(19)20)18-9(2)10-7-4-5-8-11(10)14(15,16)17/h4-5,7-9,12,18H,3,6H2,1-2H3,(H,19,20). The number of hydrogen-bond donors (Lipinski definition) is 2. The van der Waals surface area contributed by atoms with Gasteiger partial charge in [-0.15, -0.1) is 0 Å². The molecule has 0 heterocycles. The number of hydrogen-bond acceptors (Lipinski definition) is 2. The molecule has 0 amide bonds. The van der Waals surface area contributed by atoms with Crippen LogP contribution in [0.2, 0.25) is 0 Å². The van der Waals surface area contributed by atoms with Crippen molar-refractivity contribution in [2.24, 2.45) is 0 Å². The van der Waals surface area contributed by atoms with Gasteiger partial charge >= 0.3 is 12.1 Å². The second-order valence-corrected chi connectivity index (χ2v) is 4.65. The van der Waals surface area contributed by atoms with E-state index in [1.807, 2.05) is 6.92 Å². The highest BCUT2D eigenvalue weighted by Crippen LogP contribution is 2.34. The largest absolute Gasteiger partial charge is 0.480 e. The third-order valence-electron chi connectivity index (χ3n) is 3.06. The molecule has 0 bridgehead atoms. The van der Waals surface area contributed by atoms with Crippen molar-refractivity contribution in [1.29, 1.82) is 0 Å². The minimum absolute atomic E-state index is 0.0577. The van der Waals surface area contributed by atoms with Crippen LogP contribution in [-0.4, -0.2) is 17.1 Å². The van der Waals surface area contributed by atoms with E-state index in [2.05, 4.69) is 5.32 Å². The molecule has 0 saturated heterocycles. The average molecular weight is 289 g/mol. The lowest BCUT2D eigenvalue weighted by molar-refractivity contribution is -0.139. The first-order valence-corrected chi connectivity index (χ1v) is 6.42. The lowest BCUT2D eigenvalue weighted by atomic mass is 9.99. The number of rotatable bonds is 6. The van der Waals surface area contributed by atoms with Crippen molar-refractivity contribution in [2.45, 2.75) is 44.9 Å². The Balaban J connectivity index is 2.97. The second kappa shape index (κ2) is 6.74. The van der Waals surface area contributed by atoms with Gasteiger partial charge in [0.15, 0.2) is 0 Å². The van der Waals surface area contributed by atoms with Crippen molar-refractivity contribution in [3.05, 3.63) is 35.4 Å². The minimum atomic E-state index is -4.45. The Morgan fingerprint density at radius 1 is 1.35 bits per heavy atom. The lowest BCUT2D eigenvalue weighted by Crippen LogP contribution is -2.38. The average Bonchev–Trinajstić information content (AvgIpc) is 2.37. The van der Waals surface area contributed by atoms with E-state index in [0.29, 0.717) is 12.8 Å². The molecule has 2 atom stereocenters. The normalized spacial score (nSPS) is 14.8. The molecule has 0 saturated carbocycles. The Hall–Kier alpha value is -1.56. The Morgan fingerprint density at radius 3 is 2.45 bits per heavy atom. The van der Waals surface area contributed by atoms with Crippen LogP contribution in [0.5, 0.6) is 0 Å². The van der Waals surface area contributed by atoms with E-state index < -0.39 is 29.8 Å². The van der Waals surface area contributed by atoms with E-state index in [1.165, 1.54) is 25.1 Å². The van der Waals surface area contributed by atoms with Crippen LogP contribution in [0.4, 0.5) is 13.2 Å². The summed E-state index contributed by atoms with van der Waals surface area (Å²) in [6.45, 7) is 3.36. The quantitative estimate of drug-likeness (QED) is 0.841. The van der Waals surface area contributed by atoms with Crippen molar-refractivity contribution in [3.63, 3.8) is 0 Å². The van der Waals surface area contributed by atoms with Crippen LogP contribution >= 0.6 is 0 Å². The molecule has 0 aliphatic rings. The van der Waals surface area contributed by atoms with Gasteiger partial charge in [-0.05, 0) is 25.0 Å². The van der Waals surface area contributed by atoms with Crippen LogP contribution in [0.3, 0.4) is 0 Å². The zero-order valence-electron chi connectivity index (χ0n) is 11.4. The maximum absolute atomic E-state index is 12.9. The van der Waals surface area contributed by atoms with Gasteiger partial charge in [0.25, 0.3) is 0 Å². The zero-order chi connectivity index (χ0) is 15.3. The van der Waals surface area contributed by atoms with E-state index >= 15 is 0 Å². The first-order valence-electron chi connectivity index (χ1n) is 6.42. The summed E-state index contributed by atoms with van der Waals surface area (Å²) >= 11 is 0. The van der Waals surface area contributed by atoms with Gasteiger partial charge in [-0.2, -0.15) is 13.2 Å². The monoisotopic (exact) mass is 289 g/mol. The molecule has 1 rings (SSSR count). The molecular formula is C14H18F3NO2. The van der Waals surface area contributed by atoms with Crippen molar-refractivity contribution in [3.8, 4) is 0 Å². The first-order chi connectivity index (χ1) is 9.27. The number of alkyl halides is 3. The summed E-state index contributed by atoms with van der Waals surface area (Å²) in [7, 11) is 0. The summed E-state index contributed by atoms with van der Waals surface area (Å²) in [5, 5.41) is 11.8. The minimum Gasteiger partial charge on any atom is -0.480 e. The van der Waals surface area contributed by atoms with Crippen LogP contribution in [0.25, 0.3) is 0 Å². The fraction of sp³-hybridized carbons (Fsp3) is 0.500. The fourth-order valence-corrected chi connectivity index (χ4v) is 2.09.